The first-order valence-corrected chi connectivity index (χ1v) is 11.8. The Balaban J connectivity index is 1.57. The first-order valence-electron chi connectivity index (χ1n) is 11.8. The minimum Gasteiger partial charge on any atom is -0.481 e. The van der Waals surface area contributed by atoms with Crippen LogP contribution in [-0.2, 0) is 22.7 Å². The Morgan fingerprint density at radius 2 is 1.57 bits per heavy atom. The van der Waals surface area contributed by atoms with Gasteiger partial charge in [-0.25, -0.2) is 9.18 Å². The Morgan fingerprint density at radius 1 is 0.892 bits per heavy atom. The van der Waals surface area contributed by atoms with Gasteiger partial charge in [-0.15, -0.1) is 0 Å². The maximum absolute atomic E-state index is 15.7. The number of aliphatic carboxylic acids is 1. The normalized spacial score (nSPS) is 11.4. The van der Waals surface area contributed by atoms with Crippen LogP contribution in [0, 0.1) is 5.82 Å². The monoisotopic (exact) mass is 498 g/mol. The Hall–Kier alpha value is -4.65. The molecule has 1 unspecified atom stereocenters. The summed E-state index contributed by atoms with van der Waals surface area (Å²) >= 11 is 0. The highest BCUT2D eigenvalue weighted by Gasteiger charge is 2.25. The van der Waals surface area contributed by atoms with E-state index in [4.69, 9.17) is 4.74 Å². The van der Waals surface area contributed by atoms with Crippen LogP contribution in [0.4, 0.5) is 20.6 Å². The van der Waals surface area contributed by atoms with Gasteiger partial charge in [0.1, 0.15) is 6.61 Å². The third-order valence-corrected chi connectivity index (χ3v) is 5.94. The lowest BCUT2D eigenvalue weighted by Crippen LogP contribution is -2.14. The molecule has 0 heterocycles. The van der Waals surface area contributed by atoms with Crippen LogP contribution in [0.25, 0.3) is 11.1 Å². The van der Waals surface area contributed by atoms with Gasteiger partial charge in [-0.3, -0.25) is 10.1 Å². The van der Waals surface area contributed by atoms with Gasteiger partial charge in [0.25, 0.3) is 0 Å². The van der Waals surface area contributed by atoms with E-state index >= 15 is 4.39 Å². The number of carbonyl (C=O) groups is 2. The number of carboxylic acids is 1. The van der Waals surface area contributed by atoms with E-state index in [0.29, 0.717) is 23.4 Å². The minimum absolute atomic E-state index is 0.0642. The highest BCUT2D eigenvalue weighted by atomic mass is 19.1. The predicted octanol–water partition coefficient (Wildman–Crippen LogP) is 7.04. The molecule has 188 valence electrons. The van der Waals surface area contributed by atoms with Gasteiger partial charge in [-0.05, 0) is 47.4 Å². The average molecular weight is 499 g/mol. The van der Waals surface area contributed by atoms with Crippen molar-refractivity contribution in [3.05, 3.63) is 120 Å². The standard InChI is InChI=1S/C30H27FN2O4/c1-20(29(34)35)27-25(15-16-26(28(27)31)32-18-21-9-4-2-5-10-21)23-13-8-14-24(17-23)33-30(36)37-19-22-11-6-3-7-12-22/h2-17,20,32H,18-19H2,1H3,(H,33,36)(H,34,35). The van der Waals surface area contributed by atoms with Gasteiger partial charge < -0.3 is 15.2 Å². The average Bonchev–Trinajstić information content (AvgIpc) is 2.92. The lowest BCUT2D eigenvalue weighted by Gasteiger charge is -2.19. The summed E-state index contributed by atoms with van der Waals surface area (Å²) in [6.07, 6.45) is -0.633. The number of carboxylic acid groups (broad SMARTS) is 1. The van der Waals surface area contributed by atoms with E-state index in [1.54, 1.807) is 36.4 Å². The maximum atomic E-state index is 15.7. The number of anilines is 2. The van der Waals surface area contributed by atoms with E-state index in [1.807, 2.05) is 60.7 Å². The molecule has 37 heavy (non-hydrogen) atoms. The van der Waals surface area contributed by atoms with Crippen LogP contribution in [0.1, 0.15) is 29.5 Å². The van der Waals surface area contributed by atoms with Crippen molar-refractivity contribution < 1.29 is 23.8 Å². The number of rotatable bonds is 9. The summed E-state index contributed by atoms with van der Waals surface area (Å²) in [4.78, 5) is 24.2. The van der Waals surface area contributed by atoms with Crippen molar-refractivity contribution in [2.75, 3.05) is 10.6 Å². The van der Waals surface area contributed by atoms with E-state index < -0.39 is 23.8 Å². The van der Waals surface area contributed by atoms with Crippen molar-refractivity contribution in [1.29, 1.82) is 0 Å². The molecule has 6 nitrogen and oxygen atoms in total. The van der Waals surface area contributed by atoms with E-state index in [-0.39, 0.29) is 17.9 Å². The lowest BCUT2D eigenvalue weighted by atomic mass is 9.90. The second kappa shape index (κ2) is 11.9. The summed E-state index contributed by atoms with van der Waals surface area (Å²) in [7, 11) is 0. The number of amides is 1. The van der Waals surface area contributed by atoms with Gasteiger partial charge in [-0.2, -0.15) is 0 Å². The molecule has 4 aromatic rings. The van der Waals surface area contributed by atoms with Crippen LogP contribution in [0.5, 0.6) is 0 Å². The van der Waals surface area contributed by atoms with E-state index in [2.05, 4.69) is 10.6 Å². The predicted molar refractivity (Wildman–Crippen MR) is 142 cm³/mol. The van der Waals surface area contributed by atoms with Crippen molar-refractivity contribution in [3.63, 3.8) is 0 Å². The zero-order chi connectivity index (χ0) is 26.2. The van der Waals surface area contributed by atoms with Gasteiger partial charge in [-0.1, -0.05) is 78.9 Å². The van der Waals surface area contributed by atoms with E-state index in [9.17, 15) is 14.7 Å². The molecule has 3 N–H and O–H groups in total. The van der Waals surface area contributed by atoms with E-state index in [0.717, 1.165) is 11.1 Å². The maximum Gasteiger partial charge on any atom is 0.411 e. The van der Waals surface area contributed by atoms with Gasteiger partial charge in [0, 0.05) is 17.8 Å². The number of benzene rings is 4. The number of hydrogen-bond acceptors (Lipinski definition) is 4. The largest absolute Gasteiger partial charge is 0.481 e. The van der Waals surface area contributed by atoms with Crippen LogP contribution >= 0.6 is 0 Å². The molecular weight excluding hydrogens is 471 g/mol. The van der Waals surface area contributed by atoms with E-state index in [1.165, 1.54) is 6.92 Å². The molecule has 0 saturated carbocycles. The van der Waals surface area contributed by atoms with Crippen molar-refractivity contribution in [2.45, 2.75) is 26.0 Å². The van der Waals surface area contributed by atoms with Crippen LogP contribution in [0.2, 0.25) is 0 Å². The fourth-order valence-corrected chi connectivity index (χ4v) is 3.96. The third-order valence-electron chi connectivity index (χ3n) is 5.94. The van der Waals surface area contributed by atoms with Gasteiger partial charge in [0.2, 0.25) is 0 Å². The van der Waals surface area contributed by atoms with Gasteiger partial charge in [0.15, 0.2) is 5.82 Å². The summed E-state index contributed by atoms with van der Waals surface area (Å²) in [5.74, 6) is -2.86. The molecular formula is C30H27FN2O4. The smallest absolute Gasteiger partial charge is 0.411 e. The molecule has 0 aromatic heterocycles. The summed E-state index contributed by atoms with van der Waals surface area (Å²) in [5.41, 5.74) is 3.54. The fourth-order valence-electron chi connectivity index (χ4n) is 3.96. The van der Waals surface area contributed by atoms with Crippen LogP contribution < -0.4 is 10.6 Å². The summed E-state index contributed by atoms with van der Waals surface area (Å²) < 4.78 is 21.0. The summed E-state index contributed by atoms with van der Waals surface area (Å²) in [6, 6.07) is 28.9. The van der Waals surface area contributed by atoms with Gasteiger partial charge in [0.05, 0.1) is 11.6 Å². The Labute approximate surface area is 214 Å². The lowest BCUT2D eigenvalue weighted by molar-refractivity contribution is -0.138. The topological polar surface area (TPSA) is 87.7 Å². The summed E-state index contributed by atoms with van der Waals surface area (Å²) in [6.45, 7) is 1.96. The molecule has 0 aliphatic rings. The molecule has 7 heteroatoms. The van der Waals surface area contributed by atoms with Crippen molar-refractivity contribution in [2.24, 2.45) is 0 Å². The zero-order valence-electron chi connectivity index (χ0n) is 20.3. The highest BCUT2D eigenvalue weighted by Crippen LogP contribution is 2.36. The second-order valence-electron chi connectivity index (χ2n) is 8.55. The first-order chi connectivity index (χ1) is 17.9. The zero-order valence-corrected chi connectivity index (χ0v) is 20.3. The number of ether oxygens (including phenoxy) is 1. The molecule has 0 aliphatic heterocycles. The third kappa shape index (κ3) is 6.52. The van der Waals surface area contributed by atoms with Crippen LogP contribution in [-0.4, -0.2) is 17.2 Å². The Bertz CT molecular complexity index is 1380. The molecule has 1 amide bonds. The number of nitrogens with one attached hydrogen (secondary N) is 2. The summed E-state index contributed by atoms with van der Waals surface area (Å²) in [5, 5.41) is 15.4. The van der Waals surface area contributed by atoms with Crippen molar-refractivity contribution in [1.82, 2.24) is 0 Å². The van der Waals surface area contributed by atoms with Crippen LogP contribution in [0.3, 0.4) is 0 Å². The Kier molecular flexibility index (Phi) is 8.15. The van der Waals surface area contributed by atoms with Crippen LogP contribution in [0.15, 0.2) is 97.1 Å². The second-order valence-corrected chi connectivity index (χ2v) is 8.55. The quantitative estimate of drug-likeness (QED) is 0.230. The molecule has 0 aliphatic carbocycles. The minimum atomic E-state index is -1.14. The molecule has 0 saturated heterocycles. The van der Waals surface area contributed by atoms with Crippen molar-refractivity contribution >= 4 is 23.4 Å². The molecule has 4 rings (SSSR count). The molecule has 1 atom stereocenters. The SMILES string of the molecule is CC(C(=O)O)c1c(-c2cccc(NC(=O)OCc3ccccc3)c2)ccc(NCc2ccccc2)c1F. The highest BCUT2D eigenvalue weighted by molar-refractivity contribution is 5.87. The first kappa shape index (κ1) is 25.4. The van der Waals surface area contributed by atoms with Gasteiger partial charge >= 0.3 is 12.1 Å². The number of hydrogen-bond donors (Lipinski definition) is 3. The Morgan fingerprint density at radius 3 is 2.24 bits per heavy atom. The molecule has 4 aromatic carbocycles. The fraction of sp³-hybridized carbons (Fsp3) is 0.133. The molecule has 0 bridgehead atoms. The van der Waals surface area contributed by atoms with Crippen molar-refractivity contribution in [3.8, 4) is 11.1 Å². The molecule has 0 radical (unpaired) electrons. The molecule has 0 spiro atoms. The number of halogens is 1. The molecule has 0 fully saturated rings. The number of carbonyl (C=O) groups excluding carboxylic acids is 1.